The van der Waals surface area contributed by atoms with E-state index < -0.39 is 6.10 Å². The van der Waals surface area contributed by atoms with Gasteiger partial charge in [0, 0.05) is 13.1 Å². The van der Waals surface area contributed by atoms with E-state index in [1.165, 1.54) is 5.56 Å². The maximum absolute atomic E-state index is 10.5. The number of hydrogen-bond donors (Lipinski definition) is 1. The van der Waals surface area contributed by atoms with Crippen LogP contribution in [0.2, 0.25) is 0 Å². The second kappa shape index (κ2) is 11.8. The first-order valence-corrected chi connectivity index (χ1v) is 9.72. The highest BCUT2D eigenvalue weighted by molar-refractivity contribution is 5.28. The molecule has 0 aromatic heterocycles. The fraction of sp³-hybridized carbons (Fsp3) is 0.478. The molecule has 4 nitrogen and oxygen atoms in total. The molecule has 0 saturated heterocycles. The summed E-state index contributed by atoms with van der Waals surface area (Å²) in [5.41, 5.74) is 2.31. The number of nitrogens with zero attached hydrogens (tertiary/aromatic N) is 1. The molecule has 148 valence electrons. The van der Waals surface area contributed by atoms with Gasteiger partial charge in [-0.05, 0) is 42.1 Å². The second-order valence-electron chi connectivity index (χ2n) is 7.42. The second-order valence-corrected chi connectivity index (χ2v) is 7.42. The Balaban J connectivity index is 1.86. The minimum atomic E-state index is -0.508. The summed E-state index contributed by atoms with van der Waals surface area (Å²) in [6.07, 6.45) is 0.591. The number of aliphatic hydroxyl groups is 1. The molecule has 0 aliphatic heterocycles. The van der Waals surface area contributed by atoms with E-state index in [-0.39, 0.29) is 0 Å². The zero-order valence-corrected chi connectivity index (χ0v) is 16.8. The van der Waals surface area contributed by atoms with Gasteiger partial charge in [-0.15, -0.1) is 0 Å². The lowest BCUT2D eigenvalue weighted by Gasteiger charge is -2.26. The highest BCUT2D eigenvalue weighted by Crippen LogP contribution is 2.15. The van der Waals surface area contributed by atoms with E-state index >= 15 is 0 Å². The van der Waals surface area contributed by atoms with Crippen LogP contribution in [0.4, 0.5) is 0 Å². The van der Waals surface area contributed by atoms with Crippen molar-refractivity contribution in [3.63, 3.8) is 0 Å². The number of aliphatic hydroxyl groups excluding tert-OH is 1. The Morgan fingerprint density at radius 1 is 1.00 bits per heavy atom. The summed E-state index contributed by atoms with van der Waals surface area (Å²) in [4.78, 5) is 2.30. The predicted octanol–water partition coefficient (Wildman–Crippen LogP) is 4.12. The summed E-state index contributed by atoms with van der Waals surface area (Å²) in [5, 5.41) is 10.5. The predicted molar refractivity (Wildman–Crippen MR) is 110 cm³/mol. The summed E-state index contributed by atoms with van der Waals surface area (Å²) >= 11 is 0. The van der Waals surface area contributed by atoms with E-state index in [1.54, 1.807) is 7.11 Å². The normalized spacial score (nSPS) is 12.5. The lowest BCUT2D eigenvalue weighted by molar-refractivity contribution is 0.00789. The molecule has 2 aromatic rings. The van der Waals surface area contributed by atoms with E-state index in [0.717, 1.165) is 30.8 Å². The van der Waals surface area contributed by atoms with Crippen molar-refractivity contribution in [2.75, 3.05) is 26.8 Å². The van der Waals surface area contributed by atoms with Crippen molar-refractivity contribution in [3.05, 3.63) is 65.7 Å². The first-order valence-electron chi connectivity index (χ1n) is 9.72. The lowest BCUT2D eigenvalue weighted by atomic mass is 10.1. The lowest BCUT2D eigenvalue weighted by Crippen LogP contribution is -2.35. The third kappa shape index (κ3) is 8.57. The Morgan fingerprint density at radius 2 is 1.74 bits per heavy atom. The smallest absolute Gasteiger partial charge is 0.119 e. The SMILES string of the molecule is COc1cccc(CN(CCC(C)C)CC(O)COCc2ccccc2)c1. The molecule has 1 N–H and O–H groups in total. The molecule has 27 heavy (non-hydrogen) atoms. The molecule has 0 radical (unpaired) electrons. The first-order chi connectivity index (χ1) is 13.1. The van der Waals surface area contributed by atoms with E-state index in [4.69, 9.17) is 9.47 Å². The quantitative estimate of drug-likeness (QED) is 0.609. The largest absolute Gasteiger partial charge is 0.497 e. The van der Waals surface area contributed by atoms with Gasteiger partial charge in [-0.3, -0.25) is 4.90 Å². The van der Waals surface area contributed by atoms with Crippen LogP contribution in [0.5, 0.6) is 5.75 Å². The van der Waals surface area contributed by atoms with Gasteiger partial charge in [0.1, 0.15) is 5.75 Å². The molecule has 1 unspecified atom stereocenters. The minimum absolute atomic E-state index is 0.338. The topological polar surface area (TPSA) is 41.9 Å². The minimum Gasteiger partial charge on any atom is -0.497 e. The molecule has 0 fully saturated rings. The molecule has 0 bridgehead atoms. The zero-order valence-electron chi connectivity index (χ0n) is 16.8. The van der Waals surface area contributed by atoms with Gasteiger partial charge in [-0.2, -0.15) is 0 Å². The standard InChI is InChI=1S/C23H33NO3/c1-19(2)12-13-24(15-21-10-7-11-23(14-21)26-3)16-22(25)18-27-17-20-8-5-4-6-9-20/h4-11,14,19,22,25H,12-13,15-18H2,1-3H3. The molecular weight excluding hydrogens is 338 g/mol. The van der Waals surface area contributed by atoms with Crippen molar-refractivity contribution < 1.29 is 14.6 Å². The van der Waals surface area contributed by atoms with Gasteiger partial charge in [0.15, 0.2) is 0 Å². The summed E-state index contributed by atoms with van der Waals surface area (Å²) in [6.45, 7) is 7.65. The van der Waals surface area contributed by atoms with Crippen LogP contribution in [-0.2, 0) is 17.9 Å². The summed E-state index contributed by atoms with van der Waals surface area (Å²) in [6, 6.07) is 18.2. The Kier molecular flexibility index (Phi) is 9.32. The van der Waals surface area contributed by atoms with Crippen LogP contribution in [0.15, 0.2) is 54.6 Å². The van der Waals surface area contributed by atoms with Gasteiger partial charge in [-0.1, -0.05) is 56.3 Å². The van der Waals surface area contributed by atoms with Crippen molar-refractivity contribution in [1.82, 2.24) is 4.90 Å². The van der Waals surface area contributed by atoms with Gasteiger partial charge in [0.25, 0.3) is 0 Å². The summed E-state index contributed by atoms with van der Waals surface area (Å²) in [5.74, 6) is 1.49. The van der Waals surface area contributed by atoms with Gasteiger partial charge >= 0.3 is 0 Å². The van der Waals surface area contributed by atoms with Crippen molar-refractivity contribution in [3.8, 4) is 5.75 Å². The zero-order chi connectivity index (χ0) is 19.5. The van der Waals surface area contributed by atoms with Gasteiger partial charge in [0.05, 0.1) is 26.4 Å². The molecule has 2 aromatic carbocycles. The van der Waals surface area contributed by atoms with Gasteiger partial charge in [0.2, 0.25) is 0 Å². The third-order valence-corrected chi connectivity index (χ3v) is 4.45. The average molecular weight is 372 g/mol. The molecule has 4 heteroatoms. The Labute approximate surface area is 163 Å². The number of methoxy groups -OCH3 is 1. The molecule has 0 heterocycles. The molecule has 1 atom stereocenters. The maximum Gasteiger partial charge on any atom is 0.119 e. The van der Waals surface area contributed by atoms with Crippen molar-refractivity contribution >= 4 is 0 Å². The van der Waals surface area contributed by atoms with E-state index in [0.29, 0.717) is 25.7 Å². The van der Waals surface area contributed by atoms with Gasteiger partial charge in [-0.25, -0.2) is 0 Å². The number of rotatable bonds is 12. The van der Waals surface area contributed by atoms with Crippen molar-refractivity contribution in [2.24, 2.45) is 5.92 Å². The monoisotopic (exact) mass is 371 g/mol. The maximum atomic E-state index is 10.5. The van der Waals surface area contributed by atoms with Crippen LogP contribution in [0, 0.1) is 5.92 Å². The van der Waals surface area contributed by atoms with Crippen LogP contribution in [-0.4, -0.2) is 42.9 Å². The van der Waals surface area contributed by atoms with E-state index in [2.05, 4.69) is 30.9 Å². The van der Waals surface area contributed by atoms with Gasteiger partial charge < -0.3 is 14.6 Å². The molecule has 0 aliphatic rings. The highest BCUT2D eigenvalue weighted by Gasteiger charge is 2.14. The fourth-order valence-corrected chi connectivity index (χ4v) is 2.94. The Hall–Kier alpha value is -1.88. The molecule has 0 aliphatic carbocycles. The highest BCUT2D eigenvalue weighted by atomic mass is 16.5. The van der Waals surface area contributed by atoms with Crippen LogP contribution in [0.25, 0.3) is 0 Å². The molecule has 0 amide bonds. The Bertz CT molecular complexity index is 645. The van der Waals surface area contributed by atoms with Crippen LogP contribution >= 0.6 is 0 Å². The van der Waals surface area contributed by atoms with E-state index in [9.17, 15) is 5.11 Å². The Morgan fingerprint density at radius 3 is 2.44 bits per heavy atom. The molecule has 0 spiro atoms. The number of hydrogen-bond acceptors (Lipinski definition) is 4. The average Bonchev–Trinajstić information content (AvgIpc) is 2.67. The van der Waals surface area contributed by atoms with Crippen LogP contribution in [0.3, 0.4) is 0 Å². The van der Waals surface area contributed by atoms with Crippen molar-refractivity contribution in [2.45, 2.75) is 39.5 Å². The van der Waals surface area contributed by atoms with Crippen molar-refractivity contribution in [1.29, 1.82) is 0 Å². The fourth-order valence-electron chi connectivity index (χ4n) is 2.94. The number of ether oxygens (including phenoxy) is 2. The first kappa shape index (κ1) is 21.4. The van der Waals surface area contributed by atoms with Crippen LogP contribution in [0.1, 0.15) is 31.4 Å². The van der Waals surface area contributed by atoms with Crippen LogP contribution < -0.4 is 4.74 Å². The third-order valence-electron chi connectivity index (χ3n) is 4.45. The number of benzene rings is 2. The summed E-state index contributed by atoms with van der Waals surface area (Å²) < 4.78 is 11.0. The molecule has 0 saturated carbocycles. The van der Waals surface area contributed by atoms with E-state index in [1.807, 2.05) is 42.5 Å². The molecule has 2 rings (SSSR count). The summed E-state index contributed by atoms with van der Waals surface area (Å²) in [7, 11) is 1.68. The molecular formula is C23H33NO3.